The van der Waals surface area contributed by atoms with E-state index in [4.69, 9.17) is 0 Å². The van der Waals surface area contributed by atoms with Crippen LogP contribution >= 0.6 is 22.7 Å². The summed E-state index contributed by atoms with van der Waals surface area (Å²) in [5.74, 6) is -0.177. The van der Waals surface area contributed by atoms with Crippen molar-refractivity contribution in [2.75, 3.05) is 14.1 Å². The first-order chi connectivity index (χ1) is 11.9. The molecule has 3 rings (SSSR count). The van der Waals surface area contributed by atoms with E-state index in [1.807, 2.05) is 40.5 Å². The van der Waals surface area contributed by atoms with Crippen LogP contribution in [-0.2, 0) is 16.6 Å². The summed E-state index contributed by atoms with van der Waals surface area (Å²) in [4.78, 5) is 13.9. The third-order valence-corrected chi connectivity index (χ3v) is 7.80. The van der Waals surface area contributed by atoms with E-state index in [0.29, 0.717) is 4.88 Å². The van der Waals surface area contributed by atoms with Crippen molar-refractivity contribution in [2.24, 2.45) is 0 Å². The fourth-order valence-electron chi connectivity index (χ4n) is 2.19. The average Bonchev–Trinajstić information content (AvgIpc) is 3.32. The van der Waals surface area contributed by atoms with Crippen LogP contribution in [0.1, 0.15) is 14.5 Å². The summed E-state index contributed by atoms with van der Waals surface area (Å²) in [6.45, 7) is 0.287. The van der Waals surface area contributed by atoms with Crippen LogP contribution in [0.4, 0.5) is 0 Å². The smallest absolute Gasteiger partial charge is 0.263 e. The first-order valence-corrected chi connectivity index (χ1v) is 10.5. The molecular weight excluding hydrogens is 378 g/mol. The van der Waals surface area contributed by atoms with E-state index in [0.717, 1.165) is 21.9 Å². The van der Waals surface area contributed by atoms with Gasteiger partial charge in [-0.15, -0.1) is 22.7 Å². The predicted octanol–water partition coefficient (Wildman–Crippen LogP) is 2.78. The first-order valence-electron chi connectivity index (χ1n) is 7.40. The number of hydrogen-bond donors (Lipinski definition) is 1. The minimum atomic E-state index is -3.44. The number of aromatic nitrogens is 1. The van der Waals surface area contributed by atoms with Gasteiger partial charge in [-0.1, -0.05) is 0 Å². The largest absolute Gasteiger partial charge is 0.346 e. The highest BCUT2D eigenvalue weighted by Gasteiger charge is 2.20. The van der Waals surface area contributed by atoms with Crippen LogP contribution < -0.4 is 5.32 Å². The second kappa shape index (κ2) is 7.12. The first kappa shape index (κ1) is 17.9. The molecule has 0 atom stereocenters. The number of hydrogen-bond acceptors (Lipinski definition) is 5. The van der Waals surface area contributed by atoms with Crippen molar-refractivity contribution in [3.05, 3.63) is 57.9 Å². The van der Waals surface area contributed by atoms with Gasteiger partial charge >= 0.3 is 0 Å². The van der Waals surface area contributed by atoms with Crippen molar-refractivity contribution in [1.82, 2.24) is 14.2 Å². The van der Waals surface area contributed by atoms with Gasteiger partial charge in [0.25, 0.3) is 15.9 Å². The third kappa shape index (κ3) is 3.69. The number of carbonyl (C=O) groups excluding carboxylic acids is 1. The number of nitrogens with one attached hydrogen (secondary N) is 1. The van der Waals surface area contributed by atoms with Crippen LogP contribution in [0.2, 0.25) is 0 Å². The number of amides is 1. The molecule has 0 bridgehead atoms. The highest BCUT2D eigenvalue weighted by molar-refractivity contribution is 7.91. The van der Waals surface area contributed by atoms with Gasteiger partial charge in [0.05, 0.1) is 12.2 Å². The minimum Gasteiger partial charge on any atom is -0.346 e. The van der Waals surface area contributed by atoms with E-state index in [1.165, 1.54) is 29.7 Å². The van der Waals surface area contributed by atoms with Gasteiger partial charge in [0.1, 0.15) is 9.09 Å². The van der Waals surface area contributed by atoms with Crippen molar-refractivity contribution >= 4 is 38.6 Å². The molecule has 0 fully saturated rings. The van der Waals surface area contributed by atoms with E-state index < -0.39 is 10.0 Å². The maximum Gasteiger partial charge on any atom is 0.263 e. The van der Waals surface area contributed by atoms with Crippen molar-refractivity contribution in [3.63, 3.8) is 0 Å². The Kier molecular flexibility index (Phi) is 5.09. The molecular formula is C16H17N3O3S3. The van der Waals surface area contributed by atoms with Crippen LogP contribution in [0.5, 0.6) is 0 Å². The second-order valence-corrected chi connectivity index (χ2v) is 9.88. The quantitative estimate of drug-likeness (QED) is 0.698. The number of nitrogens with zero attached hydrogens (tertiary/aromatic N) is 2. The molecule has 0 aliphatic rings. The van der Waals surface area contributed by atoms with Gasteiger partial charge in [-0.2, -0.15) is 0 Å². The Bertz CT molecular complexity index is 969. The summed E-state index contributed by atoms with van der Waals surface area (Å²) in [5.41, 5.74) is 0.828. The lowest BCUT2D eigenvalue weighted by atomic mass is 10.3. The van der Waals surface area contributed by atoms with Gasteiger partial charge in [-0.05, 0) is 35.7 Å². The van der Waals surface area contributed by atoms with E-state index in [9.17, 15) is 13.2 Å². The molecule has 0 aliphatic carbocycles. The summed E-state index contributed by atoms with van der Waals surface area (Å²) in [6, 6.07) is 8.99. The number of thiophene rings is 2. The predicted molar refractivity (Wildman–Crippen MR) is 100 cm³/mol. The molecule has 1 amide bonds. The zero-order chi connectivity index (χ0) is 18.0. The molecule has 0 saturated carbocycles. The van der Waals surface area contributed by atoms with Crippen molar-refractivity contribution in [3.8, 4) is 5.69 Å². The maximum absolute atomic E-state index is 12.5. The average molecular weight is 396 g/mol. The number of rotatable bonds is 6. The molecule has 0 aliphatic heterocycles. The summed E-state index contributed by atoms with van der Waals surface area (Å²) in [6.07, 6.45) is 3.77. The van der Waals surface area contributed by atoms with E-state index in [1.54, 1.807) is 12.1 Å². The van der Waals surface area contributed by atoms with Crippen molar-refractivity contribution < 1.29 is 13.2 Å². The van der Waals surface area contributed by atoms with Crippen molar-refractivity contribution in [1.29, 1.82) is 0 Å². The second-order valence-electron chi connectivity index (χ2n) is 5.42. The van der Waals surface area contributed by atoms with Crippen LogP contribution in [-0.4, -0.2) is 37.3 Å². The van der Waals surface area contributed by atoms with Gasteiger partial charge in [-0.25, -0.2) is 12.7 Å². The Morgan fingerprint density at radius 1 is 1.20 bits per heavy atom. The van der Waals surface area contributed by atoms with E-state index in [-0.39, 0.29) is 16.7 Å². The van der Waals surface area contributed by atoms with Gasteiger partial charge < -0.3 is 9.88 Å². The summed E-state index contributed by atoms with van der Waals surface area (Å²) < 4.78 is 27.5. The molecule has 132 valence electrons. The maximum atomic E-state index is 12.5. The lowest BCUT2D eigenvalue weighted by Gasteiger charge is -2.08. The lowest BCUT2D eigenvalue weighted by molar-refractivity contribution is 0.0955. The van der Waals surface area contributed by atoms with Crippen LogP contribution in [0.15, 0.2) is 52.3 Å². The van der Waals surface area contributed by atoms with Crippen LogP contribution in [0.25, 0.3) is 5.69 Å². The number of sulfonamides is 1. The highest BCUT2D eigenvalue weighted by Crippen LogP contribution is 2.24. The number of carbonyl (C=O) groups is 1. The van der Waals surface area contributed by atoms with E-state index >= 15 is 0 Å². The zero-order valence-electron chi connectivity index (χ0n) is 13.7. The van der Waals surface area contributed by atoms with Gasteiger partial charge in [0.2, 0.25) is 0 Å². The molecule has 0 spiro atoms. The fourth-order valence-corrected chi connectivity index (χ4v) is 5.46. The standard InChI is InChI=1S/C16H17N3O3S3/c1-18(2)25(21,22)14-6-5-12(24-14)11-17-16(20)15-13(7-10-23-15)19-8-3-4-9-19/h3-10H,11H2,1-2H3,(H,17,20). The lowest BCUT2D eigenvalue weighted by Crippen LogP contribution is -2.22. The molecule has 6 nitrogen and oxygen atoms in total. The molecule has 0 unspecified atom stereocenters. The highest BCUT2D eigenvalue weighted by atomic mass is 32.2. The SMILES string of the molecule is CN(C)S(=O)(=O)c1ccc(CNC(=O)c2sccc2-n2cccc2)s1. The summed E-state index contributed by atoms with van der Waals surface area (Å²) in [7, 11) is -0.444. The van der Waals surface area contributed by atoms with E-state index in [2.05, 4.69) is 5.32 Å². The summed E-state index contributed by atoms with van der Waals surface area (Å²) in [5, 5.41) is 4.73. The molecule has 3 aromatic heterocycles. The Hall–Kier alpha value is -1.94. The van der Waals surface area contributed by atoms with Gasteiger partial charge in [0.15, 0.2) is 0 Å². The molecule has 0 radical (unpaired) electrons. The minimum absolute atomic E-state index is 0.177. The Morgan fingerprint density at radius 2 is 1.92 bits per heavy atom. The van der Waals surface area contributed by atoms with Crippen LogP contribution in [0, 0.1) is 0 Å². The topological polar surface area (TPSA) is 71.4 Å². The molecule has 3 heterocycles. The Labute approximate surface area is 154 Å². The Balaban J connectivity index is 1.70. The zero-order valence-corrected chi connectivity index (χ0v) is 16.1. The monoisotopic (exact) mass is 395 g/mol. The molecule has 0 saturated heterocycles. The van der Waals surface area contributed by atoms with Crippen LogP contribution in [0.3, 0.4) is 0 Å². The van der Waals surface area contributed by atoms with Crippen molar-refractivity contribution in [2.45, 2.75) is 10.8 Å². The molecule has 9 heteroatoms. The third-order valence-electron chi connectivity index (χ3n) is 3.53. The molecule has 25 heavy (non-hydrogen) atoms. The van der Waals surface area contributed by atoms with Gasteiger partial charge in [-0.3, -0.25) is 4.79 Å². The van der Waals surface area contributed by atoms with Gasteiger partial charge in [0, 0.05) is 31.4 Å². The molecule has 1 N–H and O–H groups in total. The molecule has 3 aromatic rings. The molecule has 0 aromatic carbocycles. The Morgan fingerprint density at radius 3 is 2.60 bits per heavy atom. The summed E-state index contributed by atoms with van der Waals surface area (Å²) >= 11 is 2.54. The fraction of sp³-hybridized carbons (Fsp3) is 0.188. The normalized spacial score (nSPS) is 11.8.